The van der Waals surface area contributed by atoms with E-state index in [1.807, 2.05) is 0 Å². The summed E-state index contributed by atoms with van der Waals surface area (Å²) in [4.78, 5) is 50.4. The number of halogens is 1. The molecule has 4 aromatic rings. The molecule has 1 amide bonds. The van der Waals surface area contributed by atoms with Gasteiger partial charge in [0, 0.05) is 16.3 Å². The third-order valence-electron chi connectivity index (χ3n) is 4.69. The first-order chi connectivity index (χ1) is 14.8. The first kappa shape index (κ1) is 20.8. The molecule has 0 saturated carbocycles. The molecule has 0 saturated heterocycles. The number of carbonyl (C=O) groups excluding carboxylic acids is 2. The zero-order valence-electron chi connectivity index (χ0n) is 16.3. The largest absolute Gasteiger partial charge is 0.336 e. The number of rotatable bonds is 5. The van der Waals surface area contributed by atoms with Gasteiger partial charge in [0.05, 0.1) is 11.2 Å². The van der Waals surface area contributed by atoms with E-state index < -0.39 is 17.2 Å². The molecule has 9 heteroatoms. The van der Waals surface area contributed by atoms with E-state index >= 15 is 0 Å². The molecule has 0 fully saturated rings. The predicted octanol–water partition coefficient (Wildman–Crippen LogP) is 3.71. The van der Waals surface area contributed by atoms with Crippen molar-refractivity contribution in [3.05, 3.63) is 91.4 Å². The van der Waals surface area contributed by atoms with Gasteiger partial charge in [-0.1, -0.05) is 23.7 Å². The van der Waals surface area contributed by atoms with Gasteiger partial charge in [-0.3, -0.25) is 19.0 Å². The molecule has 31 heavy (non-hydrogen) atoms. The number of fused-ring (bicyclic) bond motifs is 1. The maximum atomic E-state index is 13.2. The highest BCUT2D eigenvalue weighted by molar-refractivity contribution is 7.17. The van der Waals surface area contributed by atoms with Crippen molar-refractivity contribution in [3.8, 4) is 5.69 Å². The fourth-order valence-electron chi connectivity index (χ4n) is 3.22. The number of ketones is 1. The first-order valence-electron chi connectivity index (χ1n) is 9.25. The summed E-state index contributed by atoms with van der Waals surface area (Å²) in [5, 5.41) is 4.87. The van der Waals surface area contributed by atoms with Crippen LogP contribution in [0.15, 0.2) is 69.6 Å². The van der Waals surface area contributed by atoms with Gasteiger partial charge < -0.3 is 5.32 Å². The maximum Gasteiger partial charge on any atom is 0.336 e. The molecular weight excluding hydrogens is 438 g/mol. The van der Waals surface area contributed by atoms with Crippen LogP contribution in [0, 0.1) is 0 Å². The molecule has 0 aliphatic rings. The fourth-order valence-corrected chi connectivity index (χ4v) is 4.17. The molecule has 0 unspecified atom stereocenters. The summed E-state index contributed by atoms with van der Waals surface area (Å²) < 4.78 is 2.64. The fraction of sp³-hybridized carbons (Fsp3) is 0.0909. The summed E-state index contributed by atoms with van der Waals surface area (Å²) >= 11 is 7.12. The molecule has 156 valence electrons. The normalized spacial score (nSPS) is 10.9. The molecule has 2 heterocycles. The SMILES string of the molecule is CC(=O)c1cccc(NC(=O)Cn2c(=O)n(-c3ccc(Cl)cc3)c(=O)c3sccc32)c1. The number of hydrogen-bond acceptors (Lipinski definition) is 5. The van der Waals surface area contributed by atoms with Crippen molar-refractivity contribution in [1.29, 1.82) is 0 Å². The van der Waals surface area contributed by atoms with Gasteiger partial charge in [0.2, 0.25) is 5.91 Å². The van der Waals surface area contributed by atoms with Crippen LogP contribution in [0.25, 0.3) is 15.9 Å². The number of benzene rings is 2. The van der Waals surface area contributed by atoms with Crippen LogP contribution in [0.1, 0.15) is 17.3 Å². The lowest BCUT2D eigenvalue weighted by Gasteiger charge is -2.13. The summed E-state index contributed by atoms with van der Waals surface area (Å²) in [6.45, 7) is 1.14. The number of anilines is 1. The highest BCUT2D eigenvalue weighted by Crippen LogP contribution is 2.18. The Morgan fingerprint density at radius 1 is 1.06 bits per heavy atom. The predicted molar refractivity (Wildman–Crippen MR) is 122 cm³/mol. The van der Waals surface area contributed by atoms with Crippen LogP contribution in [0.4, 0.5) is 5.69 Å². The van der Waals surface area contributed by atoms with Crippen LogP contribution >= 0.6 is 22.9 Å². The molecule has 4 rings (SSSR count). The molecule has 0 radical (unpaired) electrons. The number of carbonyl (C=O) groups is 2. The standard InChI is InChI=1S/C22H16ClN3O4S/c1-13(27)14-3-2-4-16(11-14)24-19(28)12-25-18-9-10-31-20(18)21(29)26(22(25)30)17-7-5-15(23)6-8-17/h2-11H,12H2,1H3,(H,24,28). The molecular formula is C22H16ClN3O4S. The number of nitrogens with one attached hydrogen (secondary N) is 1. The van der Waals surface area contributed by atoms with E-state index in [1.54, 1.807) is 60.0 Å². The number of amides is 1. The molecule has 1 N–H and O–H groups in total. The van der Waals surface area contributed by atoms with Gasteiger partial charge in [0.25, 0.3) is 5.56 Å². The lowest BCUT2D eigenvalue weighted by Crippen LogP contribution is -2.40. The van der Waals surface area contributed by atoms with Crippen molar-refractivity contribution in [2.24, 2.45) is 0 Å². The van der Waals surface area contributed by atoms with Crippen molar-refractivity contribution in [2.75, 3.05) is 5.32 Å². The van der Waals surface area contributed by atoms with E-state index in [-0.39, 0.29) is 12.3 Å². The Balaban J connectivity index is 1.75. The van der Waals surface area contributed by atoms with Crippen molar-refractivity contribution < 1.29 is 9.59 Å². The molecule has 0 atom stereocenters. The summed E-state index contributed by atoms with van der Waals surface area (Å²) in [6, 6.07) is 14.5. The Labute approximate surface area is 185 Å². The molecule has 0 aliphatic carbocycles. The Hall–Kier alpha value is -3.49. The molecule has 0 aliphatic heterocycles. The van der Waals surface area contributed by atoms with Gasteiger partial charge in [0.15, 0.2) is 5.78 Å². The van der Waals surface area contributed by atoms with Gasteiger partial charge >= 0.3 is 5.69 Å². The van der Waals surface area contributed by atoms with Crippen LogP contribution < -0.4 is 16.6 Å². The highest BCUT2D eigenvalue weighted by atomic mass is 35.5. The van der Waals surface area contributed by atoms with E-state index in [0.29, 0.717) is 32.2 Å². The number of Topliss-reactive ketones (excluding diaryl/α,β-unsaturated/α-hetero) is 1. The Kier molecular flexibility index (Phi) is 5.58. The zero-order valence-corrected chi connectivity index (χ0v) is 17.9. The number of nitrogens with zero attached hydrogens (tertiary/aromatic N) is 2. The lowest BCUT2D eigenvalue weighted by molar-refractivity contribution is -0.116. The molecule has 0 spiro atoms. The summed E-state index contributed by atoms with van der Waals surface area (Å²) in [6.07, 6.45) is 0. The quantitative estimate of drug-likeness (QED) is 0.466. The van der Waals surface area contributed by atoms with Crippen LogP contribution in [-0.4, -0.2) is 20.8 Å². The molecule has 2 aromatic carbocycles. The third kappa shape index (κ3) is 4.08. The highest BCUT2D eigenvalue weighted by Gasteiger charge is 2.18. The Bertz CT molecular complexity index is 1430. The van der Waals surface area contributed by atoms with Crippen LogP contribution in [0.2, 0.25) is 5.02 Å². The minimum absolute atomic E-state index is 0.123. The number of aromatic nitrogens is 2. The van der Waals surface area contributed by atoms with E-state index in [4.69, 9.17) is 11.6 Å². The van der Waals surface area contributed by atoms with E-state index in [2.05, 4.69) is 5.32 Å². The van der Waals surface area contributed by atoms with E-state index in [0.717, 1.165) is 4.57 Å². The summed E-state index contributed by atoms with van der Waals surface area (Å²) in [5.41, 5.74) is 0.565. The van der Waals surface area contributed by atoms with Gasteiger partial charge in [-0.05, 0) is 54.8 Å². The molecule has 0 bridgehead atoms. The number of thiophene rings is 1. The topological polar surface area (TPSA) is 90.2 Å². The van der Waals surface area contributed by atoms with Crippen molar-refractivity contribution in [1.82, 2.24) is 9.13 Å². The second kappa shape index (κ2) is 8.33. The van der Waals surface area contributed by atoms with Crippen molar-refractivity contribution >= 4 is 50.5 Å². The zero-order chi connectivity index (χ0) is 22.1. The summed E-state index contributed by atoms with van der Waals surface area (Å²) in [5.74, 6) is -0.584. The van der Waals surface area contributed by atoms with Crippen LogP contribution in [0.3, 0.4) is 0 Å². The minimum Gasteiger partial charge on any atom is -0.325 e. The summed E-state index contributed by atoms with van der Waals surface area (Å²) in [7, 11) is 0. The average molecular weight is 454 g/mol. The second-order valence-corrected chi connectivity index (χ2v) is 8.16. The monoisotopic (exact) mass is 453 g/mol. The third-order valence-corrected chi connectivity index (χ3v) is 5.84. The second-order valence-electron chi connectivity index (χ2n) is 6.81. The van der Waals surface area contributed by atoms with E-state index in [9.17, 15) is 19.2 Å². The smallest absolute Gasteiger partial charge is 0.325 e. The van der Waals surface area contributed by atoms with Gasteiger partial charge in [-0.15, -0.1) is 11.3 Å². The van der Waals surface area contributed by atoms with E-state index in [1.165, 1.54) is 22.8 Å². The molecule has 2 aromatic heterocycles. The minimum atomic E-state index is -0.633. The van der Waals surface area contributed by atoms with Crippen molar-refractivity contribution in [3.63, 3.8) is 0 Å². The first-order valence-corrected chi connectivity index (χ1v) is 10.5. The van der Waals surface area contributed by atoms with Crippen LogP contribution in [0.5, 0.6) is 0 Å². The average Bonchev–Trinajstić information content (AvgIpc) is 3.23. The Morgan fingerprint density at radius 3 is 2.52 bits per heavy atom. The van der Waals surface area contributed by atoms with Gasteiger partial charge in [-0.25, -0.2) is 9.36 Å². The maximum absolute atomic E-state index is 13.2. The van der Waals surface area contributed by atoms with Gasteiger partial charge in [0.1, 0.15) is 11.2 Å². The lowest BCUT2D eigenvalue weighted by atomic mass is 10.1. The van der Waals surface area contributed by atoms with Crippen molar-refractivity contribution in [2.45, 2.75) is 13.5 Å². The number of hydrogen-bond donors (Lipinski definition) is 1. The molecule has 7 nitrogen and oxygen atoms in total. The van der Waals surface area contributed by atoms with Crippen LogP contribution in [-0.2, 0) is 11.3 Å². The van der Waals surface area contributed by atoms with Gasteiger partial charge in [-0.2, -0.15) is 0 Å². The Morgan fingerprint density at radius 2 is 1.81 bits per heavy atom.